The summed E-state index contributed by atoms with van der Waals surface area (Å²) in [4.78, 5) is 8.91. The molecule has 0 bridgehead atoms. The fraction of sp³-hybridized carbons (Fsp3) is 0.0588. The van der Waals surface area contributed by atoms with E-state index in [1.54, 1.807) is 18.7 Å². The van der Waals surface area contributed by atoms with Gasteiger partial charge in [-0.05, 0) is 24.3 Å². The van der Waals surface area contributed by atoms with Gasteiger partial charge >= 0.3 is 0 Å². The molecule has 0 fully saturated rings. The molecule has 6 nitrogen and oxygen atoms in total. The first-order valence-corrected chi connectivity index (χ1v) is 7.24. The quantitative estimate of drug-likeness (QED) is 0.600. The number of fused-ring (bicyclic) bond motifs is 1. The maximum Gasteiger partial charge on any atom is 0.180 e. The van der Waals surface area contributed by atoms with Gasteiger partial charge in [0.1, 0.15) is 0 Å². The molecule has 0 amide bonds. The Bertz CT molecular complexity index is 943. The third kappa shape index (κ3) is 2.40. The molecular formula is C17H15N5O. The zero-order chi connectivity index (χ0) is 15.6. The normalized spacial score (nSPS) is 10.8. The second kappa shape index (κ2) is 5.49. The third-order valence-electron chi connectivity index (χ3n) is 3.66. The number of benzene rings is 1. The molecular weight excluding hydrogens is 290 g/mol. The van der Waals surface area contributed by atoms with Crippen LogP contribution in [0.1, 0.15) is 0 Å². The van der Waals surface area contributed by atoms with Crippen molar-refractivity contribution in [3.8, 4) is 11.3 Å². The zero-order valence-corrected chi connectivity index (χ0v) is 12.5. The molecule has 6 heteroatoms. The van der Waals surface area contributed by atoms with Crippen LogP contribution >= 0.6 is 0 Å². The van der Waals surface area contributed by atoms with Crippen LogP contribution in [0.15, 0.2) is 65.9 Å². The highest BCUT2D eigenvalue weighted by Gasteiger charge is 2.11. The molecule has 3 heterocycles. The molecule has 0 spiro atoms. The van der Waals surface area contributed by atoms with E-state index >= 15 is 0 Å². The Labute approximate surface area is 132 Å². The van der Waals surface area contributed by atoms with E-state index in [2.05, 4.69) is 20.6 Å². The van der Waals surface area contributed by atoms with Gasteiger partial charge in [-0.15, -0.1) is 0 Å². The van der Waals surface area contributed by atoms with Crippen LogP contribution in [-0.4, -0.2) is 21.4 Å². The predicted octanol–water partition coefficient (Wildman–Crippen LogP) is 3.77. The minimum absolute atomic E-state index is 0.704. The van der Waals surface area contributed by atoms with E-state index in [1.807, 2.05) is 54.2 Å². The molecule has 23 heavy (non-hydrogen) atoms. The van der Waals surface area contributed by atoms with Crippen LogP contribution in [0.25, 0.3) is 16.9 Å². The molecule has 0 aliphatic heterocycles. The largest absolute Gasteiger partial charge is 0.472 e. The standard InChI is InChI=1S/C17H15N5O/c1-18-13-3-2-4-14(9-13)21-16-17-20-10-15(12-5-8-23-11-12)22(17)7-6-19-16/h2-11,18H,1H3,(H,19,21). The summed E-state index contributed by atoms with van der Waals surface area (Å²) >= 11 is 0. The molecule has 114 valence electrons. The lowest BCUT2D eigenvalue weighted by Gasteiger charge is -2.09. The fourth-order valence-corrected chi connectivity index (χ4v) is 2.52. The molecule has 3 aromatic heterocycles. The monoisotopic (exact) mass is 305 g/mol. The van der Waals surface area contributed by atoms with Crippen molar-refractivity contribution in [3.05, 3.63) is 61.4 Å². The lowest BCUT2D eigenvalue weighted by atomic mass is 10.2. The fourth-order valence-electron chi connectivity index (χ4n) is 2.52. The lowest BCUT2D eigenvalue weighted by Crippen LogP contribution is -1.99. The first-order valence-electron chi connectivity index (χ1n) is 7.24. The van der Waals surface area contributed by atoms with Crippen LogP contribution in [0, 0.1) is 0 Å². The Morgan fingerprint density at radius 1 is 1.13 bits per heavy atom. The molecule has 2 N–H and O–H groups in total. The second-order valence-corrected chi connectivity index (χ2v) is 5.08. The van der Waals surface area contributed by atoms with Crippen molar-refractivity contribution in [2.75, 3.05) is 17.7 Å². The SMILES string of the molecule is CNc1cccc(Nc2nccn3c(-c4ccoc4)cnc23)c1. The number of hydrogen-bond donors (Lipinski definition) is 2. The van der Waals surface area contributed by atoms with Crippen molar-refractivity contribution in [3.63, 3.8) is 0 Å². The lowest BCUT2D eigenvalue weighted by molar-refractivity contribution is 0.568. The summed E-state index contributed by atoms with van der Waals surface area (Å²) in [6.07, 6.45) is 8.81. The van der Waals surface area contributed by atoms with Crippen molar-refractivity contribution >= 4 is 22.8 Å². The molecule has 1 aromatic carbocycles. The van der Waals surface area contributed by atoms with E-state index in [1.165, 1.54) is 0 Å². The molecule has 0 unspecified atom stereocenters. The van der Waals surface area contributed by atoms with E-state index in [0.29, 0.717) is 5.82 Å². The Balaban J connectivity index is 1.76. The van der Waals surface area contributed by atoms with Gasteiger partial charge in [0.2, 0.25) is 0 Å². The van der Waals surface area contributed by atoms with Crippen LogP contribution in [0.3, 0.4) is 0 Å². The minimum atomic E-state index is 0.704. The number of imidazole rings is 1. The smallest absolute Gasteiger partial charge is 0.180 e. The summed E-state index contributed by atoms with van der Waals surface area (Å²) in [5, 5.41) is 6.44. The molecule has 4 aromatic rings. The number of furan rings is 1. The summed E-state index contributed by atoms with van der Waals surface area (Å²) in [6, 6.07) is 9.91. The second-order valence-electron chi connectivity index (χ2n) is 5.08. The van der Waals surface area contributed by atoms with Gasteiger partial charge in [-0.1, -0.05) is 6.07 Å². The Kier molecular flexibility index (Phi) is 3.20. The third-order valence-corrected chi connectivity index (χ3v) is 3.66. The van der Waals surface area contributed by atoms with Crippen LogP contribution in [0.2, 0.25) is 0 Å². The van der Waals surface area contributed by atoms with Crippen molar-refractivity contribution in [1.29, 1.82) is 0 Å². The highest BCUT2D eigenvalue weighted by Crippen LogP contribution is 2.26. The zero-order valence-electron chi connectivity index (χ0n) is 12.5. The van der Waals surface area contributed by atoms with Crippen LogP contribution < -0.4 is 10.6 Å². The van der Waals surface area contributed by atoms with Gasteiger partial charge in [0.05, 0.1) is 24.4 Å². The van der Waals surface area contributed by atoms with E-state index < -0.39 is 0 Å². The van der Waals surface area contributed by atoms with Crippen molar-refractivity contribution < 1.29 is 4.42 Å². The van der Waals surface area contributed by atoms with Gasteiger partial charge in [0.25, 0.3) is 0 Å². The Morgan fingerprint density at radius 2 is 2.04 bits per heavy atom. The number of anilines is 3. The van der Waals surface area contributed by atoms with Crippen molar-refractivity contribution in [1.82, 2.24) is 14.4 Å². The molecule has 0 radical (unpaired) electrons. The predicted molar refractivity (Wildman–Crippen MR) is 90.0 cm³/mol. The summed E-state index contributed by atoms with van der Waals surface area (Å²) in [6.45, 7) is 0. The van der Waals surface area contributed by atoms with Gasteiger partial charge in [0, 0.05) is 36.4 Å². The molecule has 4 rings (SSSR count). The first-order chi connectivity index (χ1) is 11.3. The highest BCUT2D eigenvalue weighted by atomic mass is 16.3. The molecule has 0 saturated heterocycles. The maximum absolute atomic E-state index is 5.16. The number of nitrogens with zero attached hydrogens (tertiary/aromatic N) is 3. The van der Waals surface area contributed by atoms with Crippen molar-refractivity contribution in [2.45, 2.75) is 0 Å². The van der Waals surface area contributed by atoms with Crippen LogP contribution in [0.5, 0.6) is 0 Å². The maximum atomic E-state index is 5.16. The van der Waals surface area contributed by atoms with Crippen LogP contribution in [0.4, 0.5) is 17.2 Å². The first kappa shape index (κ1) is 13.4. The highest BCUT2D eigenvalue weighted by molar-refractivity contribution is 5.74. The van der Waals surface area contributed by atoms with Crippen molar-refractivity contribution in [2.24, 2.45) is 0 Å². The number of aromatic nitrogens is 3. The van der Waals surface area contributed by atoms with Gasteiger partial charge < -0.3 is 15.1 Å². The molecule has 0 atom stereocenters. The van der Waals surface area contributed by atoms with Gasteiger partial charge in [-0.2, -0.15) is 0 Å². The number of rotatable bonds is 4. The summed E-state index contributed by atoms with van der Waals surface area (Å²) in [5.41, 5.74) is 4.68. The van der Waals surface area contributed by atoms with Crippen LogP contribution in [-0.2, 0) is 0 Å². The number of nitrogens with one attached hydrogen (secondary N) is 2. The van der Waals surface area contributed by atoms with Gasteiger partial charge in [-0.3, -0.25) is 4.40 Å². The van der Waals surface area contributed by atoms with E-state index in [-0.39, 0.29) is 0 Å². The van der Waals surface area contributed by atoms with Gasteiger partial charge in [0.15, 0.2) is 11.5 Å². The van der Waals surface area contributed by atoms with E-state index in [4.69, 9.17) is 4.42 Å². The summed E-state index contributed by atoms with van der Waals surface area (Å²) in [7, 11) is 1.89. The summed E-state index contributed by atoms with van der Waals surface area (Å²) in [5.74, 6) is 0.704. The minimum Gasteiger partial charge on any atom is -0.472 e. The van der Waals surface area contributed by atoms with Gasteiger partial charge in [-0.25, -0.2) is 9.97 Å². The average molecular weight is 305 g/mol. The van der Waals surface area contributed by atoms with E-state index in [0.717, 1.165) is 28.3 Å². The molecule has 0 aliphatic rings. The Hall–Kier alpha value is -3.28. The average Bonchev–Trinajstić information content (AvgIpc) is 3.24. The molecule has 0 saturated carbocycles. The number of hydrogen-bond acceptors (Lipinski definition) is 5. The molecule has 0 aliphatic carbocycles. The Morgan fingerprint density at radius 3 is 2.87 bits per heavy atom. The van der Waals surface area contributed by atoms with E-state index in [9.17, 15) is 0 Å². The topological polar surface area (TPSA) is 67.4 Å². The summed E-state index contributed by atoms with van der Waals surface area (Å²) < 4.78 is 7.15.